The highest BCUT2D eigenvalue weighted by atomic mass is 19.4. The average Bonchev–Trinajstić information content (AvgIpc) is 1.23. The Hall–Kier alpha value is -8.27. The van der Waals surface area contributed by atoms with Crippen molar-refractivity contribution in [2.75, 3.05) is 0 Å². The Morgan fingerprint density at radius 3 is 0.940 bits per heavy atom. The normalized spacial score (nSPS) is 13.2. The van der Waals surface area contributed by atoms with E-state index in [-0.39, 0.29) is 12.3 Å². The van der Waals surface area contributed by atoms with Gasteiger partial charge in [-0.15, -0.1) is 0 Å². The molecule has 1 heterocycles. The second-order valence-electron chi connectivity index (χ2n) is 18.2. The van der Waals surface area contributed by atoms with Crippen molar-refractivity contribution in [2.45, 2.75) is 56.0 Å². The van der Waals surface area contributed by atoms with Crippen LogP contribution in [-0.2, 0) is 56.0 Å². The summed E-state index contributed by atoms with van der Waals surface area (Å²) in [4.78, 5) is 16.6. The number of rotatable bonds is 9. The van der Waals surface area contributed by atoms with Crippen LogP contribution in [0.4, 0.5) is 105 Å². The van der Waals surface area contributed by atoms with E-state index >= 15 is 0 Å². The van der Waals surface area contributed by atoms with Crippen molar-refractivity contribution in [3.05, 3.63) is 214 Å². The van der Waals surface area contributed by atoms with E-state index < -0.39 is 195 Å². The van der Waals surface area contributed by atoms with E-state index in [9.17, 15) is 110 Å². The smallest absolute Gasteiger partial charge is 0.416 e. The van der Waals surface area contributed by atoms with Gasteiger partial charge in [0, 0.05) is 5.56 Å². The quantitative estimate of drug-likeness (QED) is 0.0626. The predicted molar refractivity (Wildman–Crippen MR) is 248 cm³/mol. The molecule has 0 amide bonds. The van der Waals surface area contributed by atoms with Crippen molar-refractivity contribution in [1.82, 2.24) is 4.98 Å². The minimum absolute atomic E-state index is 0.0410. The van der Waals surface area contributed by atoms with E-state index in [2.05, 4.69) is 4.98 Å². The standard InChI is InChI=1S/C32H12BF24.C22H17N2O2/c34-25(35,36)13-1-14(26(37,38)39)6-21(5-13)33(22-7-15(27(40,41)42)2-16(8-22)28(43,44)45,23-9-17(29(46,47)48)3-18(10-23)30(49,50)51)24-11-19(31(52,53)54)4-20(12-24)32(55,56)57;25-21(17-7-3-1-4-8-17)15-24-12-11-23-22(16-24)26-20-13-18-9-5-2-6-10-19(18)14-20/h1-12H;1-14,16H,15H2/q-1;+1. The fraction of sp³-hybridized carbons (Fsp3) is 0.167. The molecule has 1 aromatic heterocycles. The zero-order valence-corrected chi connectivity index (χ0v) is 40.7. The number of benzene rings is 5. The number of ketones is 1. The number of hydrogen-bond acceptors (Lipinski definition) is 3. The molecule has 83 heavy (non-hydrogen) atoms. The van der Waals surface area contributed by atoms with Crippen molar-refractivity contribution in [2.24, 2.45) is 0 Å². The van der Waals surface area contributed by atoms with Gasteiger partial charge in [0.25, 0.3) is 5.88 Å². The molecule has 5 aromatic carbocycles. The number of nitrogens with zero attached hydrogens (tertiary/aromatic N) is 2. The van der Waals surface area contributed by atoms with E-state index in [1.807, 2.05) is 72.8 Å². The molecule has 0 saturated heterocycles. The largest absolute Gasteiger partial charge is 0.434 e. The first-order chi connectivity index (χ1) is 38.0. The Kier molecular flexibility index (Phi) is 16.6. The highest BCUT2D eigenvalue weighted by Gasteiger charge is 2.47. The number of ether oxygens (including phenoxy) is 1. The number of Topliss-reactive ketones (excluding diaryl/α,β-unsaturated/α-hetero) is 1. The molecule has 29 heteroatoms. The highest BCUT2D eigenvalue weighted by Crippen LogP contribution is 2.42. The molecule has 438 valence electrons. The van der Waals surface area contributed by atoms with Crippen molar-refractivity contribution in [3.8, 4) is 22.8 Å². The van der Waals surface area contributed by atoms with Crippen LogP contribution in [0.2, 0.25) is 0 Å². The molecular weight excluding hydrogens is 1180 g/mol. The number of alkyl halides is 24. The van der Waals surface area contributed by atoms with Crippen molar-refractivity contribution >= 4 is 33.8 Å². The molecule has 2 aliphatic carbocycles. The third-order valence-electron chi connectivity index (χ3n) is 12.5. The Morgan fingerprint density at radius 2 is 0.663 bits per heavy atom. The third kappa shape index (κ3) is 14.5. The van der Waals surface area contributed by atoms with Crippen LogP contribution in [0.1, 0.15) is 54.9 Å². The molecule has 0 aliphatic heterocycles. The first-order valence-corrected chi connectivity index (χ1v) is 23.0. The summed E-state index contributed by atoms with van der Waals surface area (Å²) in [5.41, 5.74) is -27.3. The first kappa shape index (κ1) is 62.3. The van der Waals surface area contributed by atoms with E-state index in [1.165, 1.54) is 0 Å². The van der Waals surface area contributed by atoms with Crippen molar-refractivity contribution in [3.63, 3.8) is 0 Å². The Labute approximate surface area is 450 Å². The Morgan fingerprint density at radius 1 is 0.386 bits per heavy atom. The summed E-state index contributed by atoms with van der Waals surface area (Å²) in [5, 5.41) is 0. The number of aromatic nitrogens is 2. The number of halogens is 24. The first-order valence-electron chi connectivity index (χ1n) is 23.0. The molecule has 2 aliphatic rings. The van der Waals surface area contributed by atoms with Gasteiger partial charge < -0.3 is 4.74 Å². The SMILES string of the molecule is FC(F)(F)c1cc([B-](c2cc(C(F)(F)F)cc(C(F)(F)F)c2)(c2cc(C(F)(F)F)cc(C(F)(F)F)c2)c2cc(C(F)(F)F)cc(C(F)(F)F)c2)cc(C(F)(F)F)c1.O=C(C[n+]1ccnc(Oc2cc3cccccc-3c2)c1)c1ccccc1. The van der Waals surface area contributed by atoms with Gasteiger partial charge in [0.05, 0.1) is 50.7 Å². The molecule has 0 fully saturated rings. The molecule has 0 unspecified atom stereocenters. The van der Waals surface area contributed by atoms with Crippen LogP contribution in [0.5, 0.6) is 11.6 Å². The van der Waals surface area contributed by atoms with Crippen LogP contribution >= 0.6 is 0 Å². The minimum atomic E-state index is -6.13. The van der Waals surface area contributed by atoms with Gasteiger partial charge in [-0.2, -0.15) is 132 Å². The zero-order valence-electron chi connectivity index (χ0n) is 40.7. The molecule has 0 bridgehead atoms. The lowest BCUT2D eigenvalue weighted by atomic mass is 9.12. The summed E-state index contributed by atoms with van der Waals surface area (Å²) in [6.07, 6.45) is -49.7. The fourth-order valence-electron chi connectivity index (χ4n) is 8.88. The Bertz CT molecular complexity index is 3150. The van der Waals surface area contributed by atoms with Gasteiger partial charge >= 0.3 is 49.4 Å². The van der Waals surface area contributed by atoms with Crippen LogP contribution in [0.25, 0.3) is 11.1 Å². The number of fused-ring (bicyclic) bond motifs is 1. The maximum Gasteiger partial charge on any atom is 0.416 e. The summed E-state index contributed by atoms with van der Waals surface area (Å²) in [6.45, 7) is 0.238. The maximum absolute atomic E-state index is 14.2. The van der Waals surface area contributed by atoms with Gasteiger partial charge in [-0.25, -0.2) is 4.98 Å². The van der Waals surface area contributed by atoms with E-state index in [0.29, 0.717) is 11.4 Å². The van der Waals surface area contributed by atoms with Gasteiger partial charge in [-0.05, 0) is 47.5 Å². The molecule has 8 rings (SSSR count). The average molecular weight is 1200 g/mol. The van der Waals surface area contributed by atoms with Gasteiger partial charge in [-0.1, -0.05) is 109 Å². The minimum Gasteiger partial charge on any atom is -0.434 e. The summed E-state index contributed by atoms with van der Waals surface area (Å²) in [5.74, 6) is 1.22. The monoisotopic (exact) mass is 1200 g/mol. The zero-order chi connectivity index (χ0) is 61.7. The summed E-state index contributed by atoms with van der Waals surface area (Å²) < 4.78 is 348. The van der Waals surface area contributed by atoms with Gasteiger partial charge in [0.1, 0.15) is 11.9 Å². The number of carbonyl (C=O) groups excluding carboxylic acids is 1. The Balaban J connectivity index is 0.000000313. The van der Waals surface area contributed by atoms with Crippen LogP contribution in [0.3, 0.4) is 0 Å². The fourth-order valence-corrected chi connectivity index (χ4v) is 8.88. The lowest BCUT2D eigenvalue weighted by Gasteiger charge is -2.46. The van der Waals surface area contributed by atoms with Crippen molar-refractivity contribution < 1.29 is 119 Å². The highest BCUT2D eigenvalue weighted by molar-refractivity contribution is 7.20. The lowest BCUT2D eigenvalue weighted by molar-refractivity contribution is -0.683. The van der Waals surface area contributed by atoms with Gasteiger partial charge in [-0.3, -0.25) is 4.79 Å². The topological polar surface area (TPSA) is 43.1 Å². The molecule has 0 spiro atoms. The van der Waals surface area contributed by atoms with E-state index in [0.717, 1.165) is 16.9 Å². The third-order valence-corrected chi connectivity index (χ3v) is 12.5. The second-order valence-corrected chi connectivity index (χ2v) is 18.2. The van der Waals surface area contributed by atoms with Crippen LogP contribution < -0.4 is 31.2 Å². The number of hydrogen-bond donors (Lipinski definition) is 0. The summed E-state index contributed by atoms with van der Waals surface area (Å²) in [6, 6.07) is 14.5. The molecule has 6 aromatic rings. The predicted octanol–water partition coefficient (Wildman–Crippen LogP) is 15.4. The molecule has 0 N–H and O–H groups in total. The van der Waals surface area contributed by atoms with Gasteiger partial charge in [0.2, 0.25) is 18.5 Å². The number of carbonyl (C=O) groups is 1. The van der Waals surface area contributed by atoms with Crippen molar-refractivity contribution in [1.29, 1.82) is 0 Å². The molecule has 4 nitrogen and oxygen atoms in total. The van der Waals surface area contributed by atoms with E-state index in [4.69, 9.17) is 4.74 Å². The summed E-state index contributed by atoms with van der Waals surface area (Å²) in [7, 11) is 0. The van der Waals surface area contributed by atoms with Crippen LogP contribution in [0.15, 0.2) is 164 Å². The molecular formula is C54H29BF24N2O2. The molecule has 0 saturated carbocycles. The summed E-state index contributed by atoms with van der Waals surface area (Å²) >= 11 is 0. The van der Waals surface area contributed by atoms with Gasteiger partial charge in [0.15, 0.2) is 6.20 Å². The molecule has 0 atom stereocenters. The lowest BCUT2D eigenvalue weighted by Crippen LogP contribution is -2.75. The molecule has 0 radical (unpaired) electrons. The van der Waals surface area contributed by atoms with Crippen LogP contribution in [0, 0.1) is 0 Å². The second kappa shape index (κ2) is 22.1. The van der Waals surface area contributed by atoms with E-state index in [1.54, 1.807) is 23.2 Å². The van der Waals surface area contributed by atoms with Crippen LogP contribution in [-0.4, -0.2) is 16.9 Å². The maximum atomic E-state index is 14.2.